The molecule has 0 bridgehead atoms. The third kappa shape index (κ3) is 3.16. The molecule has 0 fully saturated rings. The Morgan fingerprint density at radius 2 is 2.05 bits per heavy atom. The molecule has 1 N–H and O–H groups in total. The summed E-state index contributed by atoms with van der Waals surface area (Å²) >= 11 is 0. The molecule has 21 heavy (non-hydrogen) atoms. The summed E-state index contributed by atoms with van der Waals surface area (Å²) in [5.41, 5.74) is -0.181. The van der Waals surface area contributed by atoms with Crippen LogP contribution in [0.1, 0.15) is 29.8 Å². The van der Waals surface area contributed by atoms with Crippen LogP contribution in [0.5, 0.6) is 0 Å². The Kier molecular flexibility index (Phi) is 3.89. The molecule has 2 rings (SSSR count). The Hall–Kier alpha value is -2.49. The van der Waals surface area contributed by atoms with E-state index in [-0.39, 0.29) is 17.3 Å². The highest BCUT2D eigenvalue weighted by atomic mass is 19.4. The topological polar surface area (TPSA) is 53.6 Å². The summed E-state index contributed by atoms with van der Waals surface area (Å²) in [4.78, 5) is 0. The fourth-order valence-corrected chi connectivity index (χ4v) is 2.09. The molecule has 0 saturated heterocycles. The normalized spacial score (nSPS) is 12.8. The van der Waals surface area contributed by atoms with E-state index in [1.54, 1.807) is 37.0 Å². The summed E-state index contributed by atoms with van der Waals surface area (Å²) in [5, 5.41) is 15.5. The van der Waals surface area contributed by atoms with E-state index in [0.717, 1.165) is 11.8 Å². The lowest BCUT2D eigenvalue weighted by atomic mass is 10.1. The van der Waals surface area contributed by atoms with Crippen molar-refractivity contribution in [3.63, 3.8) is 0 Å². The number of hydrogen-bond donors (Lipinski definition) is 1. The first-order valence-corrected chi connectivity index (χ1v) is 6.18. The van der Waals surface area contributed by atoms with Crippen LogP contribution in [-0.4, -0.2) is 9.78 Å². The molecule has 1 atom stereocenters. The van der Waals surface area contributed by atoms with Crippen LogP contribution >= 0.6 is 0 Å². The Bertz CT molecular complexity index is 682. The van der Waals surface area contributed by atoms with Crippen molar-refractivity contribution < 1.29 is 13.2 Å². The maximum Gasteiger partial charge on any atom is 0.418 e. The first-order chi connectivity index (χ1) is 9.82. The van der Waals surface area contributed by atoms with Crippen molar-refractivity contribution in [2.45, 2.75) is 19.1 Å². The molecular weight excluding hydrogens is 281 g/mol. The number of anilines is 1. The van der Waals surface area contributed by atoms with Crippen LogP contribution in [0.15, 0.2) is 30.5 Å². The van der Waals surface area contributed by atoms with E-state index >= 15 is 0 Å². The largest absolute Gasteiger partial charge is 0.418 e. The van der Waals surface area contributed by atoms with Gasteiger partial charge in [0.2, 0.25) is 0 Å². The minimum absolute atomic E-state index is 0.0268. The van der Waals surface area contributed by atoms with Gasteiger partial charge >= 0.3 is 6.18 Å². The van der Waals surface area contributed by atoms with Crippen LogP contribution in [0.3, 0.4) is 0 Å². The van der Waals surface area contributed by atoms with Gasteiger partial charge in [-0.15, -0.1) is 0 Å². The zero-order valence-corrected chi connectivity index (χ0v) is 11.4. The SMILES string of the molecule is CC(Nc1ccc(C#N)cc1C(F)(F)F)c1ccnn1C. The van der Waals surface area contributed by atoms with E-state index in [0.29, 0.717) is 0 Å². The number of nitrogens with one attached hydrogen (secondary N) is 1. The minimum atomic E-state index is -4.53. The standard InChI is InChI=1S/C14H13F3N4/c1-9(13-5-6-19-21(13)2)20-12-4-3-10(8-18)7-11(12)14(15,16)17/h3-7,9,20H,1-2H3. The van der Waals surface area contributed by atoms with Crippen molar-refractivity contribution in [3.05, 3.63) is 47.3 Å². The van der Waals surface area contributed by atoms with E-state index in [1.165, 1.54) is 12.1 Å². The van der Waals surface area contributed by atoms with Gasteiger partial charge in [-0.05, 0) is 31.2 Å². The summed E-state index contributed by atoms with van der Waals surface area (Å²) < 4.78 is 40.8. The molecule has 1 heterocycles. The first-order valence-electron chi connectivity index (χ1n) is 6.18. The zero-order valence-electron chi connectivity index (χ0n) is 11.4. The van der Waals surface area contributed by atoms with Crippen LogP contribution in [0.2, 0.25) is 0 Å². The summed E-state index contributed by atoms with van der Waals surface area (Å²) in [6.45, 7) is 1.75. The number of nitrogens with zero attached hydrogens (tertiary/aromatic N) is 3. The number of nitriles is 1. The van der Waals surface area contributed by atoms with Crippen LogP contribution in [0.25, 0.3) is 0 Å². The van der Waals surface area contributed by atoms with Gasteiger partial charge in [-0.3, -0.25) is 4.68 Å². The van der Waals surface area contributed by atoms with Crippen LogP contribution in [0, 0.1) is 11.3 Å². The van der Waals surface area contributed by atoms with Crippen molar-refractivity contribution in [1.82, 2.24) is 9.78 Å². The fourth-order valence-electron chi connectivity index (χ4n) is 2.09. The number of aromatic nitrogens is 2. The zero-order chi connectivity index (χ0) is 15.6. The van der Waals surface area contributed by atoms with E-state index in [4.69, 9.17) is 5.26 Å². The third-order valence-corrected chi connectivity index (χ3v) is 3.13. The minimum Gasteiger partial charge on any atom is -0.376 e. The molecule has 1 unspecified atom stereocenters. The molecule has 0 aliphatic rings. The predicted molar refractivity (Wildman–Crippen MR) is 71.4 cm³/mol. The van der Waals surface area contributed by atoms with Gasteiger partial charge in [0.1, 0.15) is 0 Å². The fraction of sp³-hybridized carbons (Fsp3) is 0.286. The molecule has 0 saturated carbocycles. The van der Waals surface area contributed by atoms with Crippen molar-refractivity contribution in [1.29, 1.82) is 5.26 Å². The van der Waals surface area contributed by atoms with Gasteiger partial charge in [0, 0.05) is 18.9 Å². The van der Waals surface area contributed by atoms with Crippen molar-refractivity contribution in [2.24, 2.45) is 7.05 Å². The molecule has 0 aliphatic heterocycles. The van der Waals surface area contributed by atoms with Gasteiger partial charge in [-0.25, -0.2) is 0 Å². The molecule has 0 spiro atoms. The molecule has 1 aromatic heterocycles. The lowest BCUT2D eigenvalue weighted by Gasteiger charge is -2.19. The number of hydrogen-bond acceptors (Lipinski definition) is 3. The Balaban J connectivity index is 2.36. The molecule has 0 amide bonds. The molecule has 2 aromatic rings. The van der Waals surface area contributed by atoms with Crippen LogP contribution < -0.4 is 5.32 Å². The maximum absolute atomic E-state index is 13.1. The second-order valence-corrected chi connectivity index (χ2v) is 4.62. The maximum atomic E-state index is 13.1. The van der Waals surface area contributed by atoms with Gasteiger partial charge in [0.15, 0.2) is 0 Å². The second kappa shape index (κ2) is 5.48. The van der Waals surface area contributed by atoms with Gasteiger partial charge in [0.05, 0.1) is 28.9 Å². The third-order valence-electron chi connectivity index (χ3n) is 3.13. The highest BCUT2D eigenvalue weighted by Crippen LogP contribution is 2.36. The highest BCUT2D eigenvalue weighted by Gasteiger charge is 2.34. The molecule has 0 radical (unpaired) electrons. The van der Waals surface area contributed by atoms with E-state index < -0.39 is 11.7 Å². The Morgan fingerprint density at radius 3 is 2.57 bits per heavy atom. The van der Waals surface area contributed by atoms with Crippen molar-refractivity contribution >= 4 is 5.69 Å². The number of rotatable bonds is 3. The molecule has 0 aliphatic carbocycles. The first kappa shape index (κ1) is 14.9. The van der Waals surface area contributed by atoms with Gasteiger partial charge < -0.3 is 5.32 Å². The Morgan fingerprint density at radius 1 is 1.33 bits per heavy atom. The molecule has 110 valence electrons. The lowest BCUT2D eigenvalue weighted by molar-refractivity contribution is -0.137. The summed E-state index contributed by atoms with van der Waals surface area (Å²) in [7, 11) is 1.72. The van der Waals surface area contributed by atoms with E-state index in [2.05, 4.69) is 10.4 Å². The van der Waals surface area contributed by atoms with Gasteiger partial charge in [-0.2, -0.15) is 23.5 Å². The van der Waals surface area contributed by atoms with Crippen LogP contribution in [-0.2, 0) is 13.2 Å². The molecule has 1 aromatic carbocycles. The number of halogens is 3. The average molecular weight is 294 g/mol. The summed E-state index contributed by atoms with van der Waals surface area (Å²) in [6.07, 6.45) is -2.95. The van der Waals surface area contributed by atoms with Gasteiger partial charge in [0.25, 0.3) is 0 Å². The van der Waals surface area contributed by atoms with E-state index in [1.807, 2.05) is 0 Å². The van der Waals surface area contributed by atoms with Crippen molar-refractivity contribution in [2.75, 3.05) is 5.32 Å². The average Bonchev–Trinajstić information content (AvgIpc) is 2.84. The summed E-state index contributed by atoms with van der Waals surface area (Å²) in [5.74, 6) is 0. The highest BCUT2D eigenvalue weighted by molar-refractivity contribution is 5.57. The predicted octanol–water partition coefficient (Wildman–Crippen LogP) is 3.48. The number of alkyl halides is 3. The summed E-state index contributed by atoms with van der Waals surface area (Å²) in [6, 6.07) is 6.56. The second-order valence-electron chi connectivity index (χ2n) is 4.62. The van der Waals surface area contributed by atoms with Crippen LogP contribution in [0.4, 0.5) is 18.9 Å². The molecule has 7 heteroatoms. The monoisotopic (exact) mass is 294 g/mol. The molecular formula is C14H13F3N4. The van der Waals surface area contributed by atoms with E-state index in [9.17, 15) is 13.2 Å². The number of aryl methyl sites for hydroxylation is 1. The lowest BCUT2D eigenvalue weighted by Crippen LogP contribution is -2.15. The smallest absolute Gasteiger partial charge is 0.376 e. The Labute approximate surface area is 119 Å². The quantitative estimate of drug-likeness (QED) is 0.942. The van der Waals surface area contributed by atoms with Gasteiger partial charge in [-0.1, -0.05) is 0 Å². The number of benzene rings is 1. The van der Waals surface area contributed by atoms with Crippen molar-refractivity contribution in [3.8, 4) is 6.07 Å². The molecule has 4 nitrogen and oxygen atoms in total.